The van der Waals surface area contributed by atoms with Crippen molar-refractivity contribution in [2.24, 2.45) is 17.8 Å². The molecular weight excluding hydrogens is 268 g/mol. The third kappa shape index (κ3) is 6.22. The second-order valence-corrected chi connectivity index (χ2v) is 8.11. The van der Waals surface area contributed by atoms with Crippen molar-refractivity contribution >= 4 is 0 Å². The van der Waals surface area contributed by atoms with Crippen molar-refractivity contribution in [1.29, 1.82) is 0 Å². The van der Waals surface area contributed by atoms with Crippen molar-refractivity contribution in [3.8, 4) is 0 Å². The van der Waals surface area contributed by atoms with Crippen LogP contribution in [0.5, 0.6) is 0 Å². The van der Waals surface area contributed by atoms with Crippen LogP contribution in [-0.2, 0) is 4.74 Å². The van der Waals surface area contributed by atoms with E-state index < -0.39 is 0 Å². The van der Waals surface area contributed by atoms with Gasteiger partial charge in [-0.2, -0.15) is 0 Å². The highest BCUT2D eigenvalue weighted by Gasteiger charge is 2.30. The molecule has 1 heteroatoms. The monoisotopic (exact) mass is 308 g/mol. The van der Waals surface area contributed by atoms with E-state index in [9.17, 15) is 0 Å². The Kier molecular flexibility index (Phi) is 8.89. The van der Waals surface area contributed by atoms with Crippen LogP contribution in [-0.4, -0.2) is 13.2 Å². The molecule has 1 nitrogen and oxygen atoms in total. The molecule has 0 N–H and O–H groups in total. The van der Waals surface area contributed by atoms with Crippen LogP contribution in [0.3, 0.4) is 0 Å². The third-order valence-corrected chi connectivity index (χ3v) is 6.58. The predicted octanol–water partition coefficient (Wildman–Crippen LogP) is 6.75. The molecule has 2 saturated carbocycles. The summed E-state index contributed by atoms with van der Waals surface area (Å²) in [5, 5.41) is 0. The number of unbranched alkanes of at least 4 members (excludes halogenated alkanes) is 5. The zero-order chi connectivity index (χ0) is 15.6. The summed E-state index contributed by atoms with van der Waals surface area (Å²) in [7, 11) is 1.89. The first-order valence-corrected chi connectivity index (χ1v) is 10.4. The smallest absolute Gasteiger partial charge is 0.0571 e. The zero-order valence-corrected chi connectivity index (χ0v) is 15.3. The van der Waals surface area contributed by atoms with E-state index in [0.29, 0.717) is 6.10 Å². The van der Waals surface area contributed by atoms with Gasteiger partial charge >= 0.3 is 0 Å². The normalized spacial score (nSPS) is 33.0. The molecule has 0 amide bonds. The second kappa shape index (κ2) is 10.7. The largest absolute Gasteiger partial charge is 0.381 e. The Hall–Kier alpha value is -0.0400. The molecule has 0 heterocycles. The van der Waals surface area contributed by atoms with Crippen LogP contribution in [0.15, 0.2) is 0 Å². The Morgan fingerprint density at radius 2 is 1.23 bits per heavy atom. The topological polar surface area (TPSA) is 9.23 Å². The van der Waals surface area contributed by atoms with E-state index in [1.807, 2.05) is 7.11 Å². The predicted molar refractivity (Wildman–Crippen MR) is 96.2 cm³/mol. The lowest BCUT2D eigenvalue weighted by atomic mass is 9.70. The van der Waals surface area contributed by atoms with Gasteiger partial charge in [0.1, 0.15) is 0 Å². The summed E-state index contributed by atoms with van der Waals surface area (Å²) in [6.07, 6.45) is 22.5. The molecule has 0 aliphatic heterocycles. The summed E-state index contributed by atoms with van der Waals surface area (Å²) in [6.45, 7) is 2.31. The lowest BCUT2D eigenvalue weighted by Crippen LogP contribution is -2.28. The van der Waals surface area contributed by atoms with Crippen LogP contribution in [0.1, 0.15) is 103 Å². The minimum absolute atomic E-state index is 0.570. The van der Waals surface area contributed by atoms with Crippen LogP contribution in [0.2, 0.25) is 0 Å². The van der Waals surface area contributed by atoms with Crippen molar-refractivity contribution in [3.63, 3.8) is 0 Å². The summed E-state index contributed by atoms with van der Waals surface area (Å²) >= 11 is 0. The van der Waals surface area contributed by atoms with Gasteiger partial charge in [-0.05, 0) is 56.3 Å². The maximum absolute atomic E-state index is 5.52. The van der Waals surface area contributed by atoms with E-state index in [-0.39, 0.29) is 0 Å². The Balaban J connectivity index is 1.52. The molecule has 2 rings (SSSR count). The summed E-state index contributed by atoms with van der Waals surface area (Å²) in [6, 6.07) is 0. The first-order chi connectivity index (χ1) is 10.8. The molecule has 0 aromatic rings. The highest BCUT2D eigenvalue weighted by molar-refractivity contribution is 4.82. The van der Waals surface area contributed by atoms with Gasteiger partial charge in [-0.1, -0.05) is 64.7 Å². The van der Waals surface area contributed by atoms with Gasteiger partial charge in [0.2, 0.25) is 0 Å². The van der Waals surface area contributed by atoms with Crippen molar-refractivity contribution in [2.75, 3.05) is 7.11 Å². The first kappa shape index (κ1) is 18.3. The summed E-state index contributed by atoms with van der Waals surface area (Å²) in [4.78, 5) is 0. The third-order valence-electron chi connectivity index (χ3n) is 6.58. The Morgan fingerprint density at radius 1 is 0.682 bits per heavy atom. The zero-order valence-electron chi connectivity index (χ0n) is 15.3. The van der Waals surface area contributed by atoms with E-state index in [1.165, 1.54) is 96.3 Å². The maximum Gasteiger partial charge on any atom is 0.0571 e. The quantitative estimate of drug-likeness (QED) is 0.428. The molecule has 130 valence electrons. The number of rotatable bonds is 9. The minimum Gasteiger partial charge on any atom is -0.381 e. The lowest BCUT2D eigenvalue weighted by molar-refractivity contribution is 0.0391. The van der Waals surface area contributed by atoms with Gasteiger partial charge < -0.3 is 4.74 Å². The van der Waals surface area contributed by atoms with Gasteiger partial charge in [-0.3, -0.25) is 0 Å². The number of ether oxygens (including phenoxy) is 1. The number of hydrogen-bond donors (Lipinski definition) is 0. The van der Waals surface area contributed by atoms with Crippen molar-refractivity contribution < 1.29 is 4.74 Å². The average molecular weight is 309 g/mol. The molecule has 0 aromatic carbocycles. The number of methoxy groups -OCH3 is 1. The molecule has 0 atom stereocenters. The van der Waals surface area contributed by atoms with Crippen LogP contribution in [0, 0.1) is 17.8 Å². The fraction of sp³-hybridized carbons (Fsp3) is 1.00. The van der Waals surface area contributed by atoms with Gasteiger partial charge in [0, 0.05) is 7.11 Å². The first-order valence-electron chi connectivity index (χ1n) is 10.4. The standard InChI is InChI=1S/C21H40O/c1-3-4-5-6-7-8-9-18-10-12-19(13-11-18)20-14-16-21(22-2)17-15-20/h18-21H,3-17H2,1-2H3/t18?,19?,20-,21-. The van der Waals surface area contributed by atoms with Crippen LogP contribution in [0.25, 0.3) is 0 Å². The Bertz CT molecular complexity index is 259. The molecule has 0 aromatic heterocycles. The van der Waals surface area contributed by atoms with Gasteiger partial charge in [-0.15, -0.1) is 0 Å². The SMILES string of the molecule is CCCCCCCCC1CCC([C@H]2CC[C@H](OC)CC2)CC1. The highest BCUT2D eigenvalue weighted by atomic mass is 16.5. The van der Waals surface area contributed by atoms with Crippen LogP contribution < -0.4 is 0 Å². The fourth-order valence-electron chi connectivity index (χ4n) is 4.96. The second-order valence-electron chi connectivity index (χ2n) is 8.11. The van der Waals surface area contributed by atoms with Gasteiger partial charge in [0.25, 0.3) is 0 Å². The van der Waals surface area contributed by atoms with Gasteiger partial charge in [0.05, 0.1) is 6.10 Å². The number of hydrogen-bond acceptors (Lipinski definition) is 1. The van der Waals surface area contributed by atoms with E-state index in [0.717, 1.165) is 17.8 Å². The highest BCUT2D eigenvalue weighted by Crippen LogP contribution is 2.41. The molecular formula is C21H40O. The van der Waals surface area contributed by atoms with E-state index >= 15 is 0 Å². The minimum atomic E-state index is 0.570. The van der Waals surface area contributed by atoms with Gasteiger partial charge in [-0.25, -0.2) is 0 Å². The Morgan fingerprint density at radius 3 is 1.82 bits per heavy atom. The molecule has 22 heavy (non-hydrogen) atoms. The van der Waals surface area contributed by atoms with Crippen LogP contribution >= 0.6 is 0 Å². The molecule has 2 aliphatic carbocycles. The van der Waals surface area contributed by atoms with E-state index in [1.54, 1.807) is 0 Å². The molecule has 2 aliphatic rings. The lowest BCUT2D eigenvalue weighted by Gasteiger charge is -2.37. The summed E-state index contributed by atoms with van der Waals surface area (Å²) in [5.41, 5.74) is 0. The maximum atomic E-state index is 5.52. The van der Waals surface area contributed by atoms with Crippen molar-refractivity contribution in [3.05, 3.63) is 0 Å². The van der Waals surface area contributed by atoms with Gasteiger partial charge in [0.15, 0.2) is 0 Å². The Labute approximate surface area is 139 Å². The van der Waals surface area contributed by atoms with E-state index in [4.69, 9.17) is 4.74 Å². The molecule has 0 radical (unpaired) electrons. The van der Waals surface area contributed by atoms with Crippen molar-refractivity contribution in [1.82, 2.24) is 0 Å². The van der Waals surface area contributed by atoms with Crippen molar-refractivity contribution in [2.45, 2.75) is 109 Å². The average Bonchev–Trinajstić information content (AvgIpc) is 2.59. The molecule has 0 spiro atoms. The molecule has 2 fully saturated rings. The molecule has 0 bridgehead atoms. The molecule has 0 unspecified atom stereocenters. The molecule has 0 saturated heterocycles. The summed E-state index contributed by atoms with van der Waals surface area (Å²) < 4.78 is 5.52. The van der Waals surface area contributed by atoms with Crippen LogP contribution in [0.4, 0.5) is 0 Å². The fourth-order valence-corrected chi connectivity index (χ4v) is 4.96. The van der Waals surface area contributed by atoms with E-state index in [2.05, 4.69) is 6.92 Å². The summed E-state index contributed by atoms with van der Waals surface area (Å²) in [5.74, 6) is 3.15.